The molecule has 0 aliphatic rings. The first-order chi connectivity index (χ1) is 7.97. The fourth-order valence-electron chi connectivity index (χ4n) is 1.38. The van der Waals surface area contributed by atoms with Crippen molar-refractivity contribution in [1.29, 1.82) is 0 Å². The van der Waals surface area contributed by atoms with Crippen molar-refractivity contribution in [3.8, 4) is 0 Å². The highest BCUT2D eigenvalue weighted by Crippen LogP contribution is 2.20. The Morgan fingerprint density at radius 3 is 2.71 bits per heavy atom. The zero-order chi connectivity index (χ0) is 13.0. The van der Waals surface area contributed by atoms with Gasteiger partial charge in [-0.1, -0.05) is 0 Å². The molecule has 1 aromatic rings. The largest absolute Gasteiger partial charge is 0.476 e. The topological polar surface area (TPSA) is 129 Å². The lowest BCUT2D eigenvalue weighted by Crippen LogP contribution is -2.29. The summed E-state index contributed by atoms with van der Waals surface area (Å²) < 4.78 is 0. The van der Waals surface area contributed by atoms with Gasteiger partial charge in [-0.05, 0) is 13.1 Å². The van der Waals surface area contributed by atoms with E-state index in [1.54, 1.807) is 7.05 Å². The van der Waals surface area contributed by atoms with Crippen molar-refractivity contribution >= 4 is 11.7 Å². The second kappa shape index (κ2) is 5.58. The van der Waals surface area contributed by atoms with Crippen LogP contribution in [0.3, 0.4) is 0 Å². The Hall–Kier alpha value is -1.70. The van der Waals surface area contributed by atoms with Gasteiger partial charge in [0.15, 0.2) is 5.69 Å². The summed E-state index contributed by atoms with van der Waals surface area (Å²) >= 11 is 0. The van der Waals surface area contributed by atoms with E-state index < -0.39 is 18.2 Å². The van der Waals surface area contributed by atoms with Crippen LogP contribution in [0.1, 0.15) is 22.2 Å². The fourth-order valence-corrected chi connectivity index (χ4v) is 1.38. The van der Waals surface area contributed by atoms with Gasteiger partial charge in [0.25, 0.3) is 0 Å². The highest BCUT2D eigenvalue weighted by atomic mass is 16.4. The predicted octanol–water partition coefficient (Wildman–Crippen LogP) is -1.02. The molecule has 7 nitrogen and oxygen atoms in total. The number of aromatic nitrogens is 1. The second-order valence-corrected chi connectivity index (χ2v) is 3.58. The van der Waals surface area contributed by atoms with Crippen LogP contribution in [0, 0.1) is 0 Å². The SMILES string of the molecule is CNCC(O)C(O)c1cnc(C(=O)O)c(N)c1. The number of nitrogens with zero attached hydrogens (tertiary/aromatic N) is 1. The number of nitrogens with one attached hydrogen (secondary N) is 1. The molecule has 6 N–H and O–H groups in total. The number of aromatic carboxylic acids is 1. The van der Waals surface area contributed by atoms with Gasteiger partial charge < -0.3 is 26.4 Å². The Morgan fingerprint density at radius 1 is 1.59 bits per heavy atom. The number of rotatable bonds is 5. The van der Waals surface area contributed by atoms with Crippen molar-refractivity contribution in [2.75, 3.05) is 19.3 Å². The van der Waals surface area contributed by atoms with Gasteiger partial charge in [0.05, 0.1) is 11.8 Å². The summed E-state index contributed by atoms with van der Waals surface area (Å²) in [4.78, 5) is 14.3. The highest BCUT2D eigenvalue weighted by Gasteiger charge is 2.20. The first kappa shape index (κ1) is 13.4. The van der Waals surface area contributed by atoms with Crippen molar-refractivity contribution < 1.29 is 20.1 Å². The van der Waals surface area contributed by atoms with E-state index in [9.17, 15) is 15.0 Å². The van der Waals surface area contributed by atoms with E-state index in [2.05, 4.69) is 10.3 Å². The Labute approximate surface area is 97.9 Å². The monoisotopic (exact) mass is 241 g/mol. The van der Waals surface area contributed by atoms with Crippen LogP contribution in [0.2, 0.25) is 0 Å². The van der Waals surface area contributed by atoms with Gasteiger partial charge in [-0.15, -0.1) is 0 Å². The summed E-state index contributed by atoms with van der Waals surface area (Å²) in [6.07, 6.45) is -0.999. The van der Waals surface area contributed by atoms with Gasteiger partial charge in [0, 0.05) is 18.3 Å². The molecule has 1 rings (SSSR count). The van der Waals surface area contributed by atoms with Crippen LogP contribution in [0.5, 0.6) is 0 Å². The Bertz CT molecular complexity index is 411. The molecule has 0 bridgehead atoms. The smallest absolute Gasteiger partial charge is 0.356 e. The number of anilines is 1. The summed E-state index contributed by atoms with van der Waals surface area (Å²) in [5.74, 6) is -1.24. The van der Waals surface area contributed by atoms with Crippen LogP contribution in [0.15, 0.2) is 12.3 Å². The predicted molar refractivity (Wildman–Crippen MR) is 60.5 cm³/mol. The molecule has 2 unspecified atom stereocenters. The van der Waals surface area contributed by atoms with Crippen molar-refractivity contribution in [3.63, 3.8) is 0 Å². The summed E-state index contributed by atoms with van der Waals surface area (Å²) in [6, 6.07) is 1.29. The molecule has 0 fully saturated rings. The first-order valence-electron chi connectivity index (χ1n) is 4.96. The normalized spacial score (nSPS) is 14.3. The number of carboxylic acids is 1. The molecule has 94 valence electrons. The molecular formula is C10H15N3O4. The molecule has 0 radical (unpaired) electrons. The number of nitrogen functional groups attached to an aromatic ring is 1. The maximum absolute atomic E-state index is 10.7. The molecular weight excluding hydrogens is 226 g/mol. The molecule has 7 heteroatoms. The number of hydrogen-bond acceptors (Lipinski definition) is 6. The summed E-state index contributed by atoms with van der Waals surface area (Å²) in [5, 5.41) is 30.7. The van der Waals surface area contributed by atoms with E-state index in [0.717, 1.165) is 0 Å². The summed E-state index contributed by atoms with van der Waals surface area (Å²) in [5.41, 5.74) is 5.43. The average molecular weight is 241 g/mol. The number of pyridine rings is 1. The average Bonchev–Trinajstić information content (AvgIpc) is 2.27. The maximum Gasteiger partial charge on any atom is 0.356 e. The molecule has 0 aliphatic carbocycles. The van der Waals surface area contributed by atoms with Gasteiger partial charge in [-0.2, -0.15) is 0 Å². The van der Waals surface area contributed by atoms with Crippen molar-refractivity contribution in [3.05, 3.63) is 23.5 Å². The standard InChI is InChI=1S/C10H15N3O4/c1-12-4-7(14)9(15)5-2-6(11)8(10(16)17)13-3-5/h2-3,7,9,12,14-15H,4,11H2,1H3,(H,16,17). The van der Waals surface area contributed by atoms with E-state index in [-0.39, 0.29) is 23.5 Å². The van der Waals surface area contributed by atoms with Crippen molar-refractivity contribution in [2.45, 2.75) is 12.2 Å². The molecule has 0 saturated heterocycles. The number of aliphatic hydroxyl groups excluding tert-OH is 2. The highest BCUT2D eigenvalue weighted by molar-refractivity contribution is 5.91. The Kier molecular flexibility index (Phi) is 4.38. The molecule has 1 aromatic heterocycles. The van der Waals surface area contributed by atoms with E-state index in [1.165, 1.54) is 12.3 Å². The lowest BCUT2D eigenvalue weighted by Gasteiger charge is -2.18. The Morgan fingerprint density at radius 2 is 2.24 bits per heavy atom. The van der Waals surface area contributed by atoms with Gasteiger partial charge in [-0.3, -0.25) is 0 Å². The van der Waals surface area contributed by atoms with Crippen molar-refractivity contribution in [1.82, 2.24) is 10.3 Å². The van der Waals surface area contributed by atoms with Gasteiger partial charge in [0.2, 0.25) is 0 Å². The quantitative estimate of drug-likeness (QED) is 0.446. The number of likely N-dealkylation sites (N-methyl/N-ethyl adjacent to an activating group) is 1. The molecule has 0 aromatic carbocycles. The van der Waals surface area contributed by atoms with E-state index in [0.29, 0.717) is 0 Å². The molecule has 0 spiro atoms. The molecule has 2 atom stereocenters. The maximum atomic E-state index is 10.7. The van der Waals surface area contributed by atoms with Crippen LogP contribution in [-0.4, -0.2) is 46.0 Å². The third kappa shape index (κ3) is 3.13. The minimum atomic E-state index is -1.24. The second-order valence-electron chi connectivity index (χ2n) is 3.58. The van der Waals surface area contributed by atoms with Crippen LogP contribution in [-0.2, 0) is 0 Å². The number of nitrogens with two attached hydrogens (primary N) is 1. The van der Waals surface area contributed by atoms with Gasteiger partial charge in [0.1, 0.15) is 6.10 Å². The van der Waals surface area contributed by atoms with E-state index in [1.807, 2.05) is 0 Å². The van der Waals surface area contributed by atoms with Crippen LogP contribution in [0.4, 0.5) is 5.69 Å². The molecule has 0 amide bonds. The number of aliphatic hydroxyl groups is 2. The third-order valence-electron chi connectivity index (χ3n) is 2.26. The van der Waals surface area contributed by atoms with Crippen LogP contribution < -0.4 is 11.1 Å². The van der Waals surface area contributed by atoms with E-state index in [4.69, 9.17) is 10.8 Å². The molecule has 17 heavy (non-hydrogen) atoms. The fraction of sp³-hybridized carbons (Fsp3) is 0.400. The first-order valence-corrected chi connectivity index (χ1v) is 4.96. The summed E-state index contributed by atoms with van der Waals surface area (Å²) in [6.45, 7) is 0.196. The lowest BCUT2D eigenvalue weighted by atomic mass is 10.1. The van der Waals surface area contributed by atoms with Gasteiger partial charge in [-0.25, -0.2) is 9.78 Å². The number of carbonyl (C=O) groups is 1. The third-order valence-corrected chi connectivity index (χ3v) is 2.26. The minimum Gasteiger partial charge on any atom is -0.476 e. The van der Waals surface area contributed by atoms with E-state index >= 15 is 0 Å². The van der Waals surface area contributed by atoms with Crippen LogP contribution in [0.25, 0.3) is 0 Å². The zero-order valence-electron chi connectivity index (χ0n) is 9.29. The number of hydrogen-bond donors (Lipinski definition) is 5. The van der Waals surface area contributed by atoms with Crippen molar-refractivity contribution in [2.24, 2.45) is 0 Å². The zero-order valence-corrected chi connectivity index (χ0v) is 9.29. The number of carboxylic acid groups (broad SMARTS) is 1. The molecule has 1 heterocycles. The molecule has 0 aliphatic heterocycles. The van der Waals surface area contributed by atoms with Crippen LogP contribution >= 0.6 is 0 Å². The van der Waals surface area contributed by atoms with Gasteiger partial charge >= 0.3 is 5.97 Å². The minimum absolute atomic E-state index is 0.0503. The molecule has 0 saturated carbocycles. The lowest BCUT2D eigenvalue weighted by molar-refractivity contribution is 0.0200. The summed E-state index contributed by atoms with van der Waals surface area (Å²) in [7, 11) is 1.63. The Balaban J connectivity index is 2.93.